The number of nitrogens with one attached hydrogen (secondary N) is 1. The second-order valence-electron chi connectivity index (χ2n) is 2.20. The summed E-state index contributed by atoms with van der Waals surface area (Å²) in [5, 5.41) is 0. The van der Waals surface area contributed by atoms with Gasteiger partial charge in [0.2, 0.25) is 0 Å². The molecule has 1 aromatic rings. The van der Waals surface area contributed by atoms with Gasteiger partial charge in [-0.3, -0.25) is 5.84 Å². The van der Waals surface area contributed by atoms with Crippen molar-refractivity contribution in [2.75, 3.05) is 5.43 Å². The molecule has 0 bridgehead atoms. The Balaban J connectivity index is 0.000001000. The molecule has 0 saturated carbocycles. The van der Waals surface area contributed by atoms with Gasteiger partial charge in [0.1, 0.15) is 0 Å². The van der Waals surface area contributed by atoms with E-state index in [2.05, 4.69) is 18.4 Å². The van der Waals surface area contributed by atoms with Crippen LogP contribution in [0.1, 0.15) is 12.5 Å². The van der Waals surface area contributed by atoms with Crippen LogP contribution in [0.15, 0.2) is 24.3 Å². The molecule has 0 aliphatic carbocycles. The molecule has 0 aliphatic rings. The maximum Gasteiger partial charge on any atom is 0.0487 e. The van der Waals surface area contributed by atoms with Gasteiger partial charge in [0, 0.05) is 57.1 Å². The maximum absolute atomic E-state index is 5.22. The second kappa shape index (κ2) is 6.17. The molecular formula is C8H12KN2. The van der Waals surface area contributed by atoms with Crippen LogP contribution in [0.25, 0.3) is 0 Å². The van der Waals surface area contributed by atoms with Crippen LogP contribution in [0, 0.1) is 0 Å². The van der Waals surface area contributed by atoms with E-state index in [1.807, 2.05) is 18.2 Å². The van der Waals surface area contributed by atoms with E-state index in [1.165, 1.54) is 5.56 Å². The van der Waals surface area contributed by atoms with Gasteiger partial charge in [-0.2, -0.15) is 0 Å². The molecule has 0 fully saturated rings. The average molecular weight is 175 g/mol. The molecule has 3 N–H and O–H groups in total. The third-order valence-electron chi connectivity index (χ3n) is 1.50. The van der Waals surface area contributed by atoms with Crippen molar-refractivity contribution >= 4 is 57.1 Å². The molecule has 0 aromatic heterocycles. The van der Waals surface area contributed by atoms with Crippen LogP contribution in [0.3, 0.4) is 0 Å². The van der Waals surface area contributed by atoms with Gasteiger partial charge in [-0.15, -0.1) is 0 Å². The Kier molecular flexibility index (Phi) is 6.51. The van der Waals surface area contributed by atoms with Gasteiger partial charge in [-0.25, -0.2) is 0 Å². The SMILES string of the molecule is CCc1cccc(NN)c1.[K]. The smallest absolute Gasteiger partial charge is 0.0487 e. The molecule has 0 atom stereocenters. The first-order valence-electron chi connectivity index (χ1n) is 3.42. The predicted molar refractivity (Wildman–Crippen MR) is 49.4 cm³/mol. The van der Waals surface area contributed by atoms with Crippen LogP contribution in [0.5, 0.6) is 0 Å². The Morgan fingerprint density at radius 2 is 2.18 bits per heavy atom. The Morgan fingerprint density at radius 3 is 2.73 bits per heavy atom. The summed E-state index contributed by atoms with van der Waals surface area (Å²) in [6.45, 7) is 2.12. The van der Waals surface area contributed by atoms with E-state index in [0.717, 1.165) is 12.1 Å². The summed E-state index contributed by atoms with van der Waals surface area (Å²) in [6, 6.07) is 8.06. The minimum atomic E-state index is 0. The number of hydrogen-bond acceptors (Lipinski definition) is 2. The van der Waals surface area contributed by atoms with Crippen molar-refractivity contribution in [3.8, 4) is 0 Å². The molecule has 0 amide bonds. The molecule has 11 heavy (non-hydrogen) atoms. The van der Waals surface area contributed by atoms with Crippen LogP contribution in [0.2, 0.25) is 0 Å². The van der Waals surface area contributed by atoms with Crippen molar-refractivity contribution in [1.29, 1.82) is 0 Å². The molecule has 0 heterocycles. The normalized spacial score (nSPS) is 8.55. The van der Waals surface area contributed by atoms with Crippen molar-refractivity contribution in [2.45, 2.75) is 13.3 Å². The number of aryl methyl sites for hydroxylation is 1. The van der Waals surface area contributed by atoms with Crippen molar-refractivity contribution in [3.05, 3.63) is 29.8 Å². The average Bonchev–Trinajstić information content (AvgIpc) is 2.05. The Bertz CT molecular complexity index is 194. The fourth-order valence-corrected chi connectivity index (χ4v) is 0.881. The summed E-state index contributed by atoms with van der Waals surface area (Å²) in [5.74, 6) is 5.22. The number of nitrogen functional groups attached to an aromatic ring is 1. The molecule has 0 spiro atoms. The van der Waals surface area contributed by atoms with E-state index in [9.17, 15) is 0 Å². The molecular weight excluding hydrogens is 163 g/mol. The van der Waals surface area contributed by atoms with Gasteiger partial charge >= 0.3 is 0 Å². The molecule has 2 nitrogen and oxygen atoms in total. The van der Waals surface area contributed by atoms with Gasteiger partial charge in [0.15, 0.2) is 0 Å². The fraction of sp³-hybridized carbons (Fsp3) is 0.250. The van der Waals surface area contributed by atoms with Gasteiger partial charge in [-0.05, 0) is 24.1 Å². The summed E-state index contributed by atoms with van der Waals surface area (Å²) in [7, 11) is 0. The molecule has 1 radical (unpaired) electrons. The number of hydrogen-bond donors (Lipinski definition) is 2. The van der Waals surface area contributed by atoms with Crippen LogP contribution >= 0.6 is 0 Å². The molecule has 55 valence electrons. The van der Waals surface area contributed by atoms with Crippen LogP contribution in [-0.4, -0.2) is 51.4 Å². The summed E-state index contributed by atoms with van der Waals surface area (Å²) in [6.07, 6.45) is 1.05. The minimum Gasteiger partial charge on any atom is -0.324 e. The summed E-state index contributed by atoms with van der Waals surface area (Å²) >= 11 is 0. The van der Waals surface area contributed by atoms with E-state index < -0.39 is 0 Å². The van der Waals surface area contributed by atoms with Crippen LogP contribution in [0.4, 0.5) is 5.69 Å². The first kappa shape index (κ1) is 11.6. The van der Waals surface area contributed by atoms with Crippen LogP contribution in [-0.2, 0) is 6.42 Å². The summed E-state index contributed by atoms with van der Waals surface area (Å²) in [5.41, 5.74) is 4.87. The molecule has 1 aromatic carbocycles. The zero-order chi connectivity index (χ0) is 7.40. The van der Waals surface area contributed by atoms with Crippen molar-refractivity contribution in [3.63, 3.8) is 0 Å². The van der Waals surface area contributed by atoms with Gasteiger partial charge < -0.3 is 5.43 Å². The first-order chi connectivity index (χ1) is 4.86. The number of anilines is 1. The zero-order valence-electron chi connectivity index (χ0n) is 7.09. The van der Waals surface area contributed by atoms with Crippen molar-refractivity contribution in [1.82, 2.24) is 0 Å². The Hall–Kier alpha value is 0.616. The van der Waals surface area contributed by atoms with E-state index in [4.69, 9.17) is 5.84 Å². The van der Waals surface area contributed by atoms with Gasteiger partial charge in [-0.1, -0.05) is 19.1 Å². The number of hydrazine groups is 1. The predicted octanol–water partition coefficient (Wildman–Crippen LogP) is 1.15. The third kappa shape index (κ3) is 3.69. The fourth-order valence-electron chi connectivity index (χ4n) is 0.881. The van der Waals surface area contributed by atoms with E-state index in [-0.39, 0.29) is 51.4 Å². The zero-order valence-corrected chi connectivity index (χ0v) is 10.2. The van der Waals surface area contributed by atoms with E-state index >= 15 is 0 Å². The molecule has 1 rings (SSSR count). The number of rotatable bonds is 2. The quantitative estimate of drug-likeness (QED) is 0.402. The largest absolute Gasteiger partial charge is 0.324 e. The minimum absolute atomic E-state index is 0. The van der Waals surface area contributed by atoms with Crippen molar-refractivity contribution in [2.24, 2.45) is 5.84 Å². The van der Waals surface area contributed by atoms with Crippen LogP contribution < -0.4 is 11.3 Å². The molecule has 0 aliphatic heterocycles. The third-order valence-corrected chi connectivity index (χ3v) is 1.50. The number of benzene rings is 1. The summed E-state index contributed by atoms with van der Waals surface area (Å²) < 4.78 is 0. The first-order valence-corrected chi connectivity index (χ1v) is 3.42. The van der Waals surface area contributed by atoms with Crippen molar-refractivity contribution < 1.29 is 0 Å². The maximum atomic E-state index is 5.22. The van der Waals surface area contributed by atoms with Gasteiger partial charge in [0.05, 0.1) is 0 Å². The molecule has 0 unspecified atom stereocenters. The molecule has 0 saturated heterocycles. The standard InChI is InChI=1S/C8H12N2.K/c1-2-7-4-3-5-8(6-7)10-9;/h3-6,10H,2,9H2,1H3;. The Labute approximate surface area is 110 Å². The second-order valence-corrected chi connectivity index (χ2v) is 2.20. The van der Waals surface area contributed by atoms with E-state index in [0.29, 0.717) is 0 Å². The number of nitrogens with two attached hydrogens (primary N) is 1. The monoisotopic (exact) mass is 175 g/mol. The summed E-state index contributed by atoms with van der Waals surface area (Å²) in [4.78, 5) is 0. The van der Waals surface area contributed by atoms with E-state index in [1.54, 1.807) is 0 Å². The Morgan fingerprint density at radius 1 is 1.45 bits per heavy atom. The molecule has 3 heteroatoms. The van der Waals surface area contributed by atoms with Gasteiger partial charge in [0.25, 0.3) is 0 Å². The topological polar surface area (TPSA) is 38.0 Å².